The van der Waals surface area contributed by atoms with Crippen molar-refractivity contribution in [2.24, 2.45) is 5.10 Å². The Hall–Kier alpha value is -3.59. The van der Waals surface area contributed by atoms with Gasteiger partial charge in [-0.25, -0.2) is 5.01 Å². The lowest BCUT2D eigenvalue weighted by molar-refractivity contribution is -0.130. The van der Waals surface area contributed by atoms with Crippen molar-refractivity contribution in [3.8, 4) is 11.7 Å². The molecule has 0 saturated heterocycles. The fraction of sp³-hybridized carbons (Fsp3) is 0.182. The summed E-state index contributed by atoms with van der Waals surface area (Å²) in [6.07, 6.45) is 3.71. The summed E-state index contributed by atoms with van der Waals surface area (Å²) < 4.78 is 16.4. The van der Waals surface area contributed by atoms with Gasteiger partial charge in [-0.3, -0.25) is 4.79 Å². The van der Waals surface area contributed by atoms with Crippen LogP contribution in [0.4, 0.5) is 0 Å². The van der Waals surface area contributed by atoms with Crippen molar-refractivity contribution in [1.29, 1.82) is 0 Å². The molecule has 0 spiro atoms. The van der Waals surface area contributed by atoms with Gasteiger partial charge in [0.05, 0.1) is 24.0 Å². The van der Waals surface area contributed by atoms with Crippen LogP contribution >= 0.6 is 11.8 Å². The molecular formula is C22H18N4O4S. The lowest BCUT2D eigenvalue weighted by Crippen LogP contribution is -2.28. The van der Waals surface area contributed by atoms with E-state index >= 15 is 0 Å². The second-order valence-electron chi connectivity index (χ2n) is 7.03. The van der Waals surface area contributed by atoms with Crippen molar-refractivity contribution < 1.29 is 18.0 Å². The van der Waals surface area contributed by atoms with Gasteiger partial charge in [0.25, 0.3) is 17.0 Å². The van der Waals surface area contributed by atoms with E-state index in [0.717, 1.165) is 23.0 Å². The number of hydrogen-bond acceptors (Lipinski definition) is 8. The topological polar surface area (TPSA) is 97.9 Å². The van der Waals surface area contributed by atoms with Crippen LogP contribution < -0.4 is 0 Å². The van der Waals surface area contributed by atoms with Crippen molar-refractivity contribution in [2.45, 2.75) is 24.6 Å². The fourth-order valence-electron chi connectivity index (χ4n) is 3.32. The molecule has 8 nitrogen and oxygen atoms in total. The minimum atomic E-state index is -0.291. The molecule has 0 aliphatic carbocycles. The average Bonchev–Trinajstić information content (AvgIpc) is 3.58. The molecule has 0 fully saturated rings. The molecule has 1 aliphatic rings. The molecule has 3 aromatic heterocycles. The van der Waals surface area contributed by atoms with Crippen molar-refractivity contribution in [2.75, 3.05) is 5.75 Å². The molecule has 1 unspecified atom stereocenters. The molecule has 4 aromatic rings. The van der Waals surface area contributed by atoms with E-state index in [2.05, 4.69) is 15.3 Å². The smallest absolute Gasteiger partial charge is 0.284 e. The Morgan fingerprint density at radius 3 is 2.65 bits per heavy atom. The summed E-state index contributed by atoms with van der Waals surface area (Å²) in [5.41, 5.74) is 3.01. The quantitative estimate of drug-likeness (QED) is 0.406. The fourth-order valence-corrected chi connectivity index (χ4v) is 3.94. The third kappa shape index (κ3) is 4.04. The number of carbonyl (C=O) groups excluding carboxylic acids is 1. The normalized spacial score (nSPS) is 16.0. The largest absolute Gasteiger partial charge is 0.467 e. The number of aryl methyl sites for hydroxylation is 1. The zero-order valence-electron chi connectivity index (χ0n) is 16.6. The maximum absolute atomic E-state index is 13.0. The van der Waals surface area contributed by atoms with Gasteiger partial charge in [-0.05, 0) is 36.8 Å². The summed E-state index contributed by atoms with van der Waals surface area (Å²) >= 11 is 1.16. The van der Waals surface area contributed by atoms with Crippen LogP contribution in [0.1, 0.15) is 29.3 Å². The minimum Gasteiger partial charge on any atom is -0.467 e. The summed E-state index contributed by atoms with van der Waals surface area (Å²) in [6, 6.07) is 15.0. The van der Waals surface area contributed by atoms with E-state index in [0.29, 0.717) is 17.9 Å². The van der Waals surface area contributed by atoms with Crippen LogP contribution in [0.25, 0.3) is 11.7 Å². The summed E-state index contributed by atoms with van der Waals surface area (Å²) in [6.45, 7) is 2.04. The number of hydrogen-bond donors (Lipinski definition) is 0. The Morgan fingerprint density at radius 2 is 1.90 bits per heavy atom. The second-order valence-corrected chi connectivity index (χ2v) is 7.95. The van der Waals surface area contributed by atoms with Gasteiger partial charge in [0.2, 0.25) is 0 Å². The molecule has 1 aliphatic heterocycles. The summed E-state index contributed by atoms with van der Waals surface area (Å²) in [5, 5.41) is 14.3. The average molecular weight is 434 g/mol. The zero-order chi connectivity index (χ0) is 21.2. The van der Waals surface area contributed by atoms with Crippen LogP contribution in [-0.2, 0) is 4.79 Å². The van der Waals surface area contributed by atoms with Gasteiger partial charge < -0.3 is 13.3 Å². The van der Waals surface area contributed by atoms with Crippen LogP contribution in [0.2, 0.25) is 0 Å². The Labute approximate surface area is 181 Å². The van der Waals surface area contributed by atoms with E-state index in [9.17, 15) is 4.79 Å². The van der Waals surface area contributed by atoms with Crippen LogP contribution in [0, 0.1) is 6.92 Å². The molecule has 1 aromatic carbocycles. The Balaban J connectivity index is 1.33. The standard InChI is InChI=1S/C22H18N4O4S/c1-14-6-8-15(9-7-14)16-12-17(18-4-2-10-28-18)26(25-16)20(27)13-31-22-24-23-21(30-22)19-5-3-11-29-19/h2-11,17H,12-13H2,1H3. The molecule has 5 rings (SSSR count). The number of hydrazone groups is 1. The molecular weight excluding hydrogens is 416 g/mol. The van der Waals surface area contributed by atoms with E-state index in [1.165, 1.54) is 16.8 Å². The summed E-state index contributed by atoms with van der Waals surface area (Å²) in [7, 11) is 0. The highest BCUT2D eigenvalue weighted by Gasteiger charge is 2.35. The number of rotatable bonds is 6. The first kappa shape index (κ1) is 19.4. The number of aromatic nitrogens is 2. The molecule has 0 radical (unpaired) electrons. The van der Waals surface area contributed by atoms with Gasteiger partial charge in [-0.15, -0.1) is 10.2 Å². The van der Waals surface area contributed by atoms with Crippen LogP contribution in [0.3, 0.4) is 0 Å². The first-order valence-electron chi connectivity index (χ1n) is 9.67. The van der Waals surface area contributed by atoms with E-state index in [-0.39, 0.29) is 28.8 Å². The first-order valence-corrected chi connectivity index (χ1v) is 10.7. The predicted molar refractivity (Wildman–Crippen MR) is 113 cm³/mol. The third-order valence-electron chi connectivity index (χ3n) is 4.88. The molecule has 4 heterocycles. The van der Waals surface area contributed by atoms with E-state index in [1.54, 1.807) is 18.4 Å². The summed E-state index contributed by atoms with van der Waals surface area (Å²) in [4.78, 5) is 13.0. The van der Waals surface area contributed by atoms with Gasteiger partial charge in [0.15, 0.2) is 5.76 Å². The maximum atomic E-state index is 13.0. The van der Waals surface area contributed by atoms with Crippen LogP contribution in [-0.4, -0.2) is 32.6 Å². The predicted octanol–water partition coefficient (Wildman–Crippen LogP) is 4.70. The maximum Gasteiger partial charge on any atom is 0.284 e. The SMILES string of the molecule is Cc1ccc(C2=NN(C(=O)CSc3nnc(-c4ccco4)o3)C(c3ccco3)C2)cc1. The molecule has 1 atom stereocenters. The number of furan rings is 2. The van der Waals surface area contributed by atoms with Gasteiger partial charge in [-0.1, -0.05) is 41.6 Å². The summed E-state index contributed by atoms with van der Waals surface area (Å²) in [5.74, 6) is 1.37. The van der Waals surface area contributed by atoms with Crippen LogP contribution in [0.5, 0.6) is 0 Å². The zero-order valence-corrected chi connectivity index (χ0v) is 17.4. The van der Waals surface area contributed by atoms with Crippen LogP contribution in [0.15, 0.2) is 84.6 Å². The molecule has 0 saturated carbocycles. The Morgan fingerprint density at radius 1 is 1.10 bits per heavy atom. The van der Waals surface area contributed by atoms with Crippen molar-refractivity contribution in [3.63, 3.8) is 0 Å². The highest BCUT2D eigenvalue weighted by atomic mass is 32.2. The Bertz CT molecular complexity index is 1200. The number of amides is 1. The van der Waals surface area contributed by atoms with Gasteiger partial charge in [-0.2, -0.15) is 5.10 Å². The lowest BCUT2D eigenvalue weighted by Gasteiger charge is -2.19. The molecule has 1 amide bonds. The molecule has 156 valence electrons. The van der Waals surface area contributed by atoms with E-state index in [4.69, 9.17) is 13.3 Å². The van der Waals surface area contributed by atoms with Gasteiger partial charge >= 0.3 is 0 Å². The molecule has 9 heteroatoms. The number of carbonyl (C=O) groups is 1. The van der Waals surface area contributed by atoms with Crippen molar-refractivity contribution in [3.05, 3.63) is 77.9 Å². The van der Waals surface area contributed by atoms with Crippen molar-refractivity contribution in [1.82, 2.24) is 15.2 Å². The second kappa shape index (κ2) is 8.27. The first-order chi connectivity index (χ1) is 15.2. The number of thioether (sulfide) groups is 1. The highest BCUT2D eigenvalue weighted by molar-refractivity contribution is 7.99. The minimum absolute atomic E-state index is 0.0989. The lowest BCUT2D eigenvalue weighted by atomic mass is 10.0. The van der Waals surface area contributed by atoms with E-state index in [1.807, 2.05) is 43.3 Å². The van der Waals surface area contributed by atoms with E-state index < -0.39 is 0 Å². The number of benzene rings is 1. The third-order valence-corrected chi connectivity index (χ3v) is 5.68. The van der Waals surface area contributed by atoms with Gasteiger partial charge in [0, 0.05) is 6.42 Å². The molecule has 31 heavy (non-hydrogen) atoms. The molecule has 0 bridgehead atoms. The van der Waals surface area contributed by atoms with Crippen molar-refractivity contribution >= 4 is 23.4 Å². The molecule has 0 N–H and O–H groups in total. The van der Waals surface area contributed by atoms with Gasteiger partial charge in [0.1, 0.15) is 11.8 Å². The monoisotopic (exact) mass is 434 g/mol. The number of nitrogens with zero attached hydrogens (tertiary/aromatic N) is 4. The highest BCUT2D eigenvalue weighted by Crippen LogP contribution is 2.34. The Kier molecular flexibility index (Phi) is 5.17.